The Bertz CT molecular complexity index is 882. The number of amidine groups is 1. The van der Waals surface area contributed by atoms with Gasteiger partial charge in [0, 0.05) is 16.0 Å². The monoisotopic (exact) mass is 432 g/mol. The molecule has 0 bridgehead atoms. The molecule has 0 spiro atoms. The molecule has 0 amide bonds. The molecular formula is C22H23BrF2N2. The number of fused-ring (bicyclic) bond motifs is 1. The average Bonchev–Trinajstić information content (AvgIpc) is 2.95. The van der Waals surface area contributed by atoms with Gasteiger partial charge in [0.1, 0.15) is 11.4 Å². The third kappa shape index (κ3) is 3.10. The van der Waals surface area contributed by atoms with Crippen molar-refractivity contribution >= 4 is 21.8 Å². The number of rotatable bonds is 3. The third-order valence-corrected chi connectivity index (χ3v) is 6.70. The minimum absolute atomic E-state index is 0.146. The molecule has 1 aliphatic carbocycles. The number of halogens is 3. The zero-order chi connectivity index (χ0) is 19.2. The first kappa shape index (κ1) is 18.6. The van der Waals surface area contributed by atoms with E-state index in [1.807, 2.05) is 30.3 Å². The van der Waals surface area contributed by atoms with E-state index in [1.165, 1.54) is 0 Å². The van der Waals surface area contributed by atoms with Crippen molar-refractivity contribution in [2.24, 2.45) is 22.6 Å². The molecule has 2 aromatic carbocycles. The van der Waals surface area contributed by atoms with Crippen LogP contribution in [-0.4, -0.2) is 11.8 Å². The Balaban J connectivity index is 1.81. The summed E-state index contributed by atoms with van der Waals surface area (Å²) >= 11 is 3.57. The highest BCUT2D eigenvalue weighted by molar-refractivity contribution is 9.10. The Morgan fingerprint density at radius 3 is 2.44 bits per heavy atom. The predicted octanol–water partition coefficient (Wildman–Crippen LogP) is 5.87. The first-order valence-electron chi connectivity index (χ1n) is 9.41. The number of benzene rings is 2. The van der Waals surface area contributed by atoms with Crippen molar-refractivity contribution < 1.29 is 8.78 Å². The molecule has 1 heterocycles. The van der Waals surface area contributed by atoms with Crippen LogP contribution in [0.4, 0.5) is 8.78 Å². The van der Waals surface area contributed by atoms with Gasteiger partial charge in [-0.2, -0.15) is 0 Å². The van der Waals surface area contributed by atoms with E-state index in [0.717, 1.165) is 28.1 Å². The highest BCUT2D eigenvalue weighted by Crippen LogP contribution is 2.53. The second kappa shape index (κ2) is 6.69. The van der Waals surface area contributed by atoms with E-state index in [4.69, 9.17) is 10.7 Å². The van der Waals surface area contributed by atoms with Crippen LogP contribution in [0.3, 0.4) is 0 Å². The summed E-state index contributed by atoms with van der Waals surface area (Å²) in [6.07, 6.45) is 2.46. The summed E-state index contributed by atoms with van der Waals surface area (Å²) in [5.41, 5.74) is 8.84. The zero-order valence-electron chi connectivity index (χ0n) is 15.3. The van der Waals surface area contributed by atoms with Gasteiger partial charge in [-0.1, -0.05) is 52.3 Å². The molecule has 1 saturated carbocycles. The van der Waals surface area contributed by atoms with Gasteiger partial charge < -0.3 is 5.73 Å². The van der Waals surface area contributed by atoms with Gasteiger partial charge in [0.25, 0.3) is 0 Å². The number of hydrogen-bond acceptors (Lipinski definition) is 2. The first-order chi connectivity index (χ1) is 12.8. The number of alkyl halides is 2. The molecular weight excluding hydrogens is 410 g/mol. The summed E-state index contributed by atoms with van der Waals surface area (Å²) in [6, 6.07) is 16.2. The van der Waals surface area contributed by atoms with Crippen LogP contribution in [0.5, 0.6) is 0 Å². The summed E-state index contributed by atoms with van der Waals surface area (Å²) in [6.45, 7) is 1.04. The van der Waals surface area contributed by atoms with E-state index in [0.29, 0.717) is 31.5 Å². The molecule has 2 aromatic rings. The molecule has 5 heteroatoms. The van der Waals surface area contributed by atoms with Crippen LogP contribution in [0.1, 0.15) is 49.3 Å². The molecule has 0 aromatic heterocycles. The summed E-state index contributed by atoms with van der Waals surface area (Å²) in [5, 5.41) is 0. The van der Waals surface area contributed by atoms with Gasteiger partial charge in [-0.3, -0.25) is 4.99 Å². The standard InChI is InChI=1S/C22H23BrF2N2/c1-21(24,25)14-9-11-15(12-10-14)22(16-5-4-6-17(23)13-16)19-8-3-2-7-18(19)20(26)27-22/h2-8,13-15H,9-12H2,1H3,(H2,26,27). The van der Waals surface area contributed by atoms with Crippen LogP contribution in [0, 0.1) is 11.8 Å². The van der Waals surface area contributed by atoms with Crippen LogP contribution in [0.2, 0.25) is 0 Å². The maximum Gasteiger partial charge on any atom is 0.248 e. The molecule has 2 nitrogen and oxygen atoms in total. The Hall–Kier alpha value is -1.75. The lowest BCUT2D eigenvalue weighted by Crippen LogP contribution is -2.38. The fourth-order valence-electron chi connectivity index (χ4n) is 4.86. The lowest BCUT2D eigenvalue weighted by Gasteiger charge is -2.41. The second-order valence-electron chi connectivity index (χ2n) is 7.82. The molecule has 0 saturated heterocycles. The molecule has 27 heavy (non-hydrogen) atoms. The Morgan fingerprint density at radius 1 is 1.07 bits per heavy atom. The first-order valence-corrected chi connectivity index (χ1v) is 10.2. The second-order valence-corrected chi connectivity index (χ2v) is 8.74. The molecule has 142 valence electrons. The van der Waals surface area contributed by atoms with Gasteiger partial charge in [0.05, 0.1) is 0 Å². The van der Waals surface area contributed by atoms with E-state index < -0.39 is 17.4 Å². The van der Waals surface area contributed by atoms with Crippen molar-refractivity contribution in [3.8, 4) is 0 Å². The van der Waals surface area contributed by atoms with Crippen molar-refractivity contribution in [3.63, 3.8) is 0 Å². The van der Waals surface area contributed by atoms with Crippen LogP contribution >= 0.6 is 15.9 Å². The molecule has 1 atom stereocenters. The van der Waals surface area contributed by atoms with Crippen molar-refractivity contribution in [2.45, 2.75) is 44.1 Å². The van der Waals surface area contributed by atoms with E-state index >= 15 is 0 Å². The smallest absolute Gasteiger partial charge is 0.248 e. The fraction of sp³-hybridized carbons (Fsp3) is 0.409. The zero-order valence-corrected chi connectivity index (χ0v) is 16.8. The summed E-state index contributed by atoms with van der Waals surface area (Å²) in [4.78, 5) is 5.00. The van der Waals surface area contributed by atoms with Crippen molar-refractivity contribution in [1.29, 1.82) is 0 Å². The lowest BCUT2D eigenvalue weighted by atomic mass is 9.65. The van der Waals surface area contributed by atoms with Crippen LogP contribution in [0.15, 0.2) is 58.0 Å². The average molecular weight is 433 g/mol. The van der Waals surface area contributed by atoms with Crippen LogP contribution in [-0.2, 0) is 5.54 Å². The SMILES string of the molecule is CC(F)(F)C1CCC(C2(c3cccc(Br)c3)N=C(N)c3ccccc32)CC1. The van der Waals surface area contributed by atoms with Gasteiger partial charge in [0.15, 0.2) is 0 Å². The number of nitrogens with zero attached hydrogens (tertiary/aromatic N) is 1. The maximum absolute atomic E-state index is 13.8. The van der Waals surface area contributed by atoms with Crippen molar-refractivity contribution in [3.05, 3.63) is 69.7 Å². The molecule has 0 radical (unpaired) electrons. The minimum Gasteiger partial charge on any atom is -0.383 e. The van der Waals surface area contributed by atoms with Gasteiger partial charge in [0.2, 0.25) is 5.92 Å². The van der Waals surface area contributed by atoms with Gasteiger partial charge in [-0.15, -0.1) is 0 Å². The van der Waals surface area contributed by atoms with E-state index in [-0.39, 0.29) is 5.92 Å². The molecule has 1 aliphatic heterocycles. The number of aliphatic imine (C=N–C) groups is 1. The molecule has 2 aliphatic rings. The lowest BCUT2D eigenvalue weighted by molar-refractivity contribution is -0.0607. The van der Waals surface area contributed by atoms with Crippen molar-refractivity contribution in [2.75, 3.05) is 0 Å². The van der Waals surface area contributed by atoms with Gasteiger partial charge in [-0.25, -0.2) is 8.78 Å². The molecule has 4 rings (SSSR count). The molecule has 1 unspecified atom stereocenters. The van der Waals surface area contributed by atoms with Gasteiger partial charge in [-0.05, 0) is 61.8 Å². The summed E-state index contributed by atoms with van der Waals surface area (Å²) in [7, 11) is 0. The van der Waals surface area contributed by atoms with Crippen LogP contribution < -0.4 is 5.73 Å². The number of nitrogens with two attached hydrogens (primary N) is 1. The summed E-state index contributed by atoms with van der Waals surface area (Å²) in [5.74, 6) is -2.49. The fourth-order valence-corrected chi connectivity index (χ4v) is 5.26. The Kier molecular flexibility index (Phi) is 4.61. The molecule has 1 fully saturated rings. The van der Waals surface area contributed by atoms with E-state index in [1.54, 1.807) is 0 Å². The highest BCUT2D eigenvalue weighted by Gasteiger charge is 2.49. The predicted molar refractivity (Wildman–Crippen MR) is 108 cm³/mol. The van der Waals surface area contributed by atoms with Gasteiger partial charge >= 0.3 is 0 Å². The normalized spacial score (nSPS) is 27.9. The van der Waals surface area contributed by atoms with Crippen molar-refractivity contribution in [1.82, 2.24) is 0 Å². The quantitative estimate of drug-likeness (QED) is 0.646. The van der Waals surface area contributed by atoms with Crippen LogP contribution in [0.25, 0.3) is 0 Å². The van der Waals surface area contributed by atoms with E-state index in [2.05, 4.69) is 34.1 Å². The number of hydrogen-bond donors (Lipinski definition) is 1. The Labute approximate surface area is 167 Å². The molecule has 2 N–H and O–H groups in total. The highest BCUT2D eigenvalue weighted by atomic mass is 79.9. The van der Waals surface area contributed by atoms with E-state index in [9.17, 15) is 8.78 Å². The largest absolute Gasteiger partial charge is 0.383 e. The Morgan fingerprint density at radius 2 is 1.78 bits per heavy atom. The third-order valence-electron chi connectivity index (χ3n) is 6.21. The maximum atomic E-state index is 13.8. The topological polar surface area (TPSA) is 38.4 Å². The summed E-state index contributed by atoms with van der Waals surface area (Å²) < 4.78 is 28.6. The minimum atomic E-state index is -2.62.